The van der Waals surface area contributed by atoms with Crippen molar-refractivity contribution >= 4 is 29.0 Å². The first-order chi connectivity index (χ1) is 12.9. The van der Waals surface area contributed by atoms with Gasteiger partial charge in [-0.1, -0.05) is 24.3 Å². The molecule has 0 saturated heterocycles. The van der Waals surface area contributed by atoms with Crippen molar-refractivity contribution in [1.82, 2.24) is 0 Å². The number of anilines is 2. The van der Waals surface area contributed by atoms with Crippen LogP contribution in [0.15, 0.2) is 54.6 Å². The Kier molecular flexibility index (Phi) is 7.35. The van der Waals surface area contributed by atoms with E-state index in [1.165, 1.54) is 0 Å². The lowest BCUT2D eigenvalue weighted by Crippen LogP contribution is -2.10. The number of rotatable bonds is 9. The van der Waals surface area contributed by atoms with Crippen LogP contribution >= 0.6 is 0 Å². The lowest BCUT2D eigenvalue weighted by Gasteiger charge is -2.12. The molecule has 2 aromatic carbocycles. The number of carbonyl (C=O) groups excluding carboxylic acids is 2. The van der Waals surface area contributed by atoms with Crippen molar-refractivity contribution < 1.29 is 9.59 Å². The second-order valence-electron chi connectivity index (χ2n) is 7.01. The Morgan fingerprint density at radius 2 is 1.33 bits per heavy atom. The van der Waals surface area contributed by atoms with Gasteiger partial charge in [-0.2, -0.15) is 0 Å². The summed E-state index contributed by atoms with van der Waals surface area (Å²) >= 11 is 0. The minimum Gasteiger partial charge on any atom is -0.378 e. The summed E-state index contributed by atoms with van der Waals surface area (Å²) in [6.07, 6.45) is 4.98. The van der Waals surface area contributed by atoms with Gasteiger partial charge in [0.2, 0.25) is 0 Å². The highest BCUT2D eigenvalue weighted by Gasteiger charge is 2.11. The summed E-state index contributed by atoms with van der Waals surface area (Å²) in [6, 6.07) is 15.6. The molecule has 0 radical (unpaired) electrons. The molecule has 0 heterocycles. The normalized spacial score (nSPS) is 10.8. The van der Waals surface area contributed by atoms with Crippen LogP contribution in [0.1, 0.15) is 35.2 Å². The summed E-state index contributed by atoms with van der Waals surface area (Å²) in [5, 5.41) is 0. The topological polar surface area (TPSA) is 40.6 Å². The molecule has 142 valence electrons. The molecular weight excluding hydrogens is 336 g/mol. The number of hydrogen-bond acceptors (Lipinski definition) is 4. The predicted octanol–water partition coefficient (Wildman–Crippen LogP) is 4.45. The third kappa shape index (κ3) is 6.41. The van der Waals surface area contributed by atoms with E-state index in [1.54, 1.807) is 12.1 Å². The Morgan fingerprint density at radius 1 is 0.815 bits per heavy atom. The number of hydrogen-bond donors (Lipinski definition) is 0. The van der Waals surface area contributed by atoms with E-state index in [0.717, 1.165) is 16.9 Å². The van der Waals surface area contributed by atoms with Crippen molar-refractivity contribution in [2.45, 2.75) is 19.3 Å². The average molecular weight is 364 g/mol. The highest BCUT2D eigenvalue weighted by molar-refractivity contribution is 6.08. The van der Waals surface area contributed by atoms with Crippen molar-refractivity contribution in [3.8, 4) is 0 Å². The summed E-state index contributed by atoms with van der Waals surface area (Å²) in [5.74, 6) is -0.141. The van der Waals surface area contributed by atoms with Crippen molar-refractivity contribution in [3.05, 3.63) is 65.7 Å². The number of carbonyl (C=O) groups is 2. The van der Waals surface area contributed by atoms with Gasteiger partial charge >= 0.3 is 0 Å². The van der Waals surface area contributed by atoms with E-state index < -0.39 is 0 Å². The molecule has 0 aliphatic heterocycles. The van der Waals surface area contributed by atoms with Crippen molar-refractivity contribution in [3.63, 3.8) is 0 Å². The van der Waals surface area contributed by atoms with E-state index in [1.807, 2.05) is 57.4 Å². The summed E-state index contributed by atoms with van der Waals surface area (Å²) in [6.45, 7) is 0. The summed E-state index contributed by atoms with van der Waals surface area (Å²) in [7, 11) is 7.91. The zero-order valence-corrected chi connectivity index (χ0v) is 16.6. The third-order valence-electron chi connectivity index (χ3n) is 4.37. The Bertz CT molecular complexity index is 788. The fraction of sp³-hybridized carbons (Fsp3) is 0.304. The first kappa shape index (κ1) is 20.4. The quantitative estimate of drug-likeness (QED) is 0.487. The summed E-state index contributed by atoms with van der Waals surface area (Å²) < 4.78 is 0. The maximum atomic E-state index is 12.2. The molecule has 0 spiro atoms. The Morgan fingerprint density at radius 3 is 1.85 bits per heavy atom. The average Bonchev–Trinajstić information content (AvgIpc) is 2.65. The standard InChI is InChI=1S/C23H28N2O2/c1-24(2)20-13-9-18(10-14-20)7-5-6-8-22(26)17-23(27)19-11-15-21(16-12-19)25(3)4/h5,7,9-16H,6,8,17H2,1-4H3. The van der Waals surface area contributed by atoms with Gasteiger partial charge in [0.1, 0.15) is 5.78 Å². The van der Waals surface area contributed by atoms with Gasteiger partial charge in [0, 0.05) is 51.5 Å². The van der Waals surface area contributed by atoms with E-state index in [9.17, 15) is 9.59 Å². The summed E-state index contributed by atoms with van der Waals surface area (Å²) in [5.41, 5.74) is 3.87. The second-order valence-corrected chi connectivity index (χ2v) is 7.01. The number of ketones is 2. The molecule has 2 rings (SSSR count). The highest BCUT2D eigenvalue weighted by atomic mass is 16.1. The van der Waals surface area contributed by atoms with E-state index in [2.05, 4.69) is 29.2 Å². The van der Waals surface area contributed by atoms with Crippen LogP contribution in [0.2, 0.25) is 0 Å². The predicted molar refractivity (Wildman–Crippen MR) is 114 cm³/mol. The van der Waals surface area contributed by atoms with Crippen molar-refractivity contribution in [2.75, 3.05) is 38.0 Å². The molecule has 0 aliphatic carbocycles. The smallest absolute Gasteiger partial charge is 0.170 e. The van der Waals surface area contributed by atoms with E-state index >= 15 is 0 Å². The van der Waals surface area contributed by atoms with Crippen LogP contribution in [0.4, 0.5) is 11.4 Å². The monoisotopic (exact) mass is 364 g/mol. The third-order valence-corrected chi connectivity index (χ3v) is 4.37. The zero-order chi connectivity index (χ0) is 19.8. The van der Waals surface area contributed by atoms with Crippen LogP contribution in [-0.2, 0) is 4.79 Å². The first-order valence-electron chi connectivity index (χ1n) is 9.13. The fourth-order valence-corrected chi connectivity index (χ4v) is 2.66. The number of benzene rings is 2. The van der Waals surface area contributed by atoms with Gasteiger partial charge in [0.05, 0.1) is 6.42 Å². The number of nitrogens with zero attached hydrogens (tertiary/aromatic N) is 2. The SMILES string of the molecule is CN(C)c1ccc(C=CCCC(=O)CC(=O)c2ccc(N(C)C)cc2)cc1. The maximum absolute atomic E-state index is 12.2. The molecule has 27 heavy (non-hydrogen) atoms. The van der Waals surface area contributed by atoms with Gasteiger partial charge in [-0.15, -0.1) is 0 Å². The first-order valence-corrected chi connectivity index (χ1v) is 9.13. The molecule has 0 bridgehead atoms. The minimum atomic E-state index is -0.117. The lowest BCUT2D eigenvalue weighted by atomic mass is 10.0. The molecular formula is C23H28N2O2. The molecule has 0 atom stereocenters. The van der Waals surface area contributed by atoms with E-state index in [0.29, 0.717) is 18.4 Å². The van der Waals surface area contributed by atoms with Crippen molar-refractivity contribution in [2.24, 2.45) is 0 Å². The molecule has 0 aliphatic rings. The highest BCUT2D eigenvalue weighted by Crippen LogP contribution is 2.15. The van der Waals surface area contributed by atoms with Gasteiger partial charge in [0.25, 0.3) is 0 Å². The van der Waals surface area contributed by atoms with Crippen LogP contribution < -0.4 is 9.80 Å². The van der Waals surface area contributed by atoms with Gasteiger partial charge in [-0.05, 0) is 48.4 Å². The minimum absolute atomic E-state index is 0.0238. The Balaban J connectivity index is 1.79. The second kappa shape index (κ2) is 9.72. The van der Waals surface area contributed by atoms with E-state index in [-0.39, 0.29) is 18.0 Å². The lowest BCUT2D eigenvalue weighted by molar-refractivity contribution is -0.118. The van der Waals surface area contributed by atoms with Gasteiger partial charge < -0.3 is 9.80 Å². The van der Waals surface area contributed by atoms with Crippen LogP contribution in [0.5, 0.6) is 0 Å². The Hall–Kier alpha value is -2.88. The maximum Gasteiger partial charge on any atom is 0.170 e. The molecule has 4 nitrogen and oxygen atoms in total. The number of Topliss-reactive ketones (excluding diaryl/α,β-unsaturated/α-hetero) is 2. The molecule has 0 N–H and O–H groups in total. The van der Waals surface area contributed by atoms with Gasteiger partial charge in [-0.25, -0.2) is 0 Å². The van der Waals surface area contributed by atoms with E-state index in [4.69, 9.17) is 0 Å². The molecule has 0 amide bonds. The Labute approximate surface area is 162 Å². The van der Waals surface area contributed by atoms with Crippen LogP contribution in [0.25, 0.3) is 6.08 Å². The molecule has 4 heteroatoms. The zero-order valence-electron chi connectivity index (χ0n) is 16.6. The molecule has 0 aromatic heterocycles. The van der Waals surface area contributed by atoms with Gasteiger partial charge in [0.15, 0.2) is 5.78 Å². The molecule has 0 saturated carbocycles. The van der Waals surface area contributed by atoms with Crippen LogP contribution in [-0.4, -0.2) is 39.8 Å². The fourth-order valence-electron chi connectivity index (χ4n) is 2.66. The molecule has 2 aromatic rings. The largest absolute Gasteiger partial charge is 0.378 e. The van der Waals surface area contributed by atoms with Crippen LogP contribution in [0, 0.1) is 0 Å². The molecule has 0 fully saturated rings. The summed E-state index contributed by atoms with van der Waals surface area (Å²) in [4.78, 5) is 28.3. The van der Waals surface area contributed by atoms with Crippen LogP contribution in [0.3, 0.4) is 0 Å². The van der Waals surface area contributed by atoms with Crippen molar-refractivity contribution in [1.29, 1.82) is 0 Å². The molecule has 0 unspecified atom stereocenters. The van der Waals surface area contributed by atoms with Gasteiger partial charge in [-0.3, -0.25) is 9.59 Å². The number of allylic oxidation sites excluding steroid dienone is 1.